The minimum Gasteiger partial charge on any atom is -0.337 e. The molecule has 4 heteroatoms. The third kappa shape index (κ3) is 3.06. The fourth-order valence-corrected chi connectivity index (χ4v) is 2.46. The Labute approximate surface area is 114 Å². The SMILES string of the molecule is Cc1ccc(S)cc1C(=O)N1CCCN(C)CC1. The first-order valence-electron chi connectivity index (χ1n) is 6.35. The van der Waals surface area contributed by atoms with Crippen LogP contribution in [0.25, 0.3) is 0 Å². The molecule has 0 N–H and O–H groups in total. The lowest BCUT2D eigenvalue weighted by atomic mass is 10.1. The third-order valence-corrected chi connectivity index (χ3v) is 3.74. The van der Waals surface area contributed by atoms with Crippen LogP contribution in [0.2, 0.25) is 0 Å². The van der Waals surface area contributed by atoms with Gasteiger partial charge in [0.1, 0.15) is 0 Å². The normalized spacial score (nSPS) is 17.6. The van der Waals surface area contributed by atoms with Crippen molar-refractivity contribution in [1.82, 2.24) is 9.80 Å². The van der Waals surface area contributed by atoms with E-state index >= 15 is 0 Å². The number of amides is 1. The Bertz CT molecular complexity index is 447. The third-order valence-electron chi connectivity index (χ3n) is 3.46. The second-order valence-corrected chi connectivity index (χ2v) is 5.46. The number of aryl methyl sites for hydroxylation is 1. The van der Waals surface area contributed by atoms with Gasteiger partial charge in [-0.2, -0.15) is 0 Å². The lowest BCUT2D eigenvalue weighted by molar-refractivity contribution is 0.0762. The molecule has 1 aliphatic heterocycles. The molecule has 0 atom stereocenters. The summed E-state index contributed by atoms with van der Waals surface area (Å²) in [6.07, 6.45) is 1.04. The number of carbonyl (C=O) groups is 1. The van der Waals surface area contributed by atoms with Crippen molar-refractivity contribution in [3.05, 3.63) is 29.3 Å². The molecule has 1 aliphatic rings. The van der Waals surface area contributed by atoms with Crippen molar-refractivity contribution in [2.75, 3.05) is 33.2 Å². The first-order chi connectivity index (χ1) is 8.58. The standard InChI is InChI=1S/C14H20N2OS/c1-11-4-5-12(18)10-13(11)14(17)16-7-3-6-15(2)8-9-16/h4-5,10,18H,3,6-9H2,1-2H3. The lowest BCUT2D eigenvalue weighted by Gasteiger charge is -2.21. The summed E-state index contributed by atoms with van der Waals surface area (Å²) in [5.74, 6) is 0.138. The van der Waals surface area contributed by atoms with Gasteiger partial charge in [0.25, 0.3) is 5.91 Å². The van der Waals surface area contributed by atoms with E-state index in [2.05, 4.69) is 24.6 Å². The predicted octanol–water partition coefficient (Wildman–Crippen LogP) is 2.06. The Morgan fingerprint density at radius 3 is 2.78 bits per heavy atom. The number of hydrogen-bond donors (Lipinski definition) is 1. The van der Waals surface area contributed by atoms with Gasteiger partial charge in [0, 0.05) is 30.1 Å². The highest BCUT2D eigenvalue weighted by Gasteiger charge is 2.20. The smallest absolute Gasteiger partial charge is 0.254 e. The molecule has 18 heavy (non-hydrogen) atoms. The van der Waals surface area contributed by atoms with E-state index in [4.69, 9.17) is 0 Å². The summed E-state index contributed by atoms with van der Waals surface area (Å²) in [4.78, 5) is 17.6. The Morgan fingerprint density at radius 1 is 1.22 bits per heavy atom. The van der Waals surface area contributed by atoms with E-state index in [1.54, 1.807) is 0 Å². The molecule has 98 valence electrons. The molecule has 1 heterocycles. The molecule has 3 nitrogen and oxygen atoms in total. The van der Waals surface area contributed by atoms with Crippen LogP contribution in [0, 0.1) is 6.92 Å². The molecular formula is C14H20N2OS. The van der Waals surface area contributed by atoms with E-state index in [0.29, 0.717) is 0 Å². The number of nitrogens with zero attached hydrogens (tertiary/aromatic N) is 2. The number of benzene rings is 1. The van der Waals surface area contributed by atoms with Crippen LogP contribution in [0.15, 0.2) is 23.1 Å². The Morgan fingerprint density at radius 2 is 2.00 bits per heavy atom. The maximum atomic E-state index is 12.5. The zero-order valence-corrected chi connectivity index (χ0v) is 11.9. The second-order valence-electron chi connectivity index (χ2n) is 4.95. The van der Waals surface area contributed by atoms with Gasteiger partial charge in [0.05, 0.1) is 0 Å². The number of rotatable bonds is 1. The van der Waals surface area contributed by atoms with Crippen LogP contribution in [0.5, 0.6) is 0 Å². The highest BCUT2D eigenvalue weighted by molar-refractivity contribution is 7.80. The zero-order valence-electron chi connectivity index (χ0n) is 11.0. The second kappa shape index (κ2) is 5.76. The number of thiol groups is 1. The van der Waals surface area contributed by atoms with Crippen LogP contribution in [-0.2, 0) is 0 Å². The molecule has 1 fully saturated rings. The first-order valence-corrected chi connectivity index (χ1v) is 6.80. The lowest BCUT2D eigenvalue weighted by Crippen LogP contribution is -2.34. The minimum atomic E-state index is 0.138. The van der Waals surface area contributed by atoms with E-state index in [-0.39, 0.29) is 5.91 Å². The summed E-state index contributed by atoms with van der Waals surface area (Å²) in [5.41, 5.74) is 1.81. The molecule has 0 bridgehead atoms. The molecule has 0 spiro atoms. The van der Waals surface area contributed by atoms with Crippen LogP contribution in [0.1, 0.15) is 22.3 Å². The molecule has 1 aromatic carbocycles. The maximum Gasteiger partial charge on any atom is 0.254 e. The number of hydrogen-bond acceptors (Lipinski definition) is 3. The zero-order chi connectivity index (χ0) is 13.1. The monoisotopic (exact) mass is 264 g/mol. The van der Waals surface area contributed by atoms with E-state index in [9.17, 15) is 4.79 Å². The highest BCUT2D eigenvalue weighted by atomic mass is 32.1. The fourth-order valence-electron chi connectivity index (χ4n) is 2.26. The van der Waals surface area contributed by atoms with Gasteiger partial charge in [-0.15, -0.1) is 12.6 Å². The number of carbonyl (C=O) groups excluding carboxylic acids is 1. The van der Waals surface area contributed by atoms with Crippen molar-refractivity contribution < 1.29 is 4.79 Å². The molecule has 0 aliphatic carbocycles. The quantitative estimate of drug-likeness (QED) is 0.785. The van der Waals surface area contributed by atoms with E-state index in [0.717, 1.165) is 48.6 Å². The van der Waals surface area contributed by atoms with Gasteiger partial charge in [0.2, 0.25) is 0 Å². The van der Waals surface area contributed by atoms with Crippen molar-refractivity contribution in [2.45, 2.75) is 18.2 Å². The summed E-state index contributed by atoms with van der Waals surface area (Å²) in [6, 6.07) is 5.75. The summed E-state index contributed by atoms with van der Waals surface area (Å²) in [5, 5.41) is 0. The first kappa shape index (κ1) is 13.4. The van der Waals surface area contributed by atoms with Crippen LogP contribution in [0.4, 0.5) is 0 Å². The fraction of sp³-hybridized carbons (Fsp3) is 0.500. The summed E-state index contributed by atoms with van der Waals surface area (Å²) in [7, 11) is 2.10. The minimum absolute atomic E-state index is 0.138. The molecular weight excluding hydrogens is 244 g/mol. The molecule has 0 radical (unpaired) electrons. The van der Waals surface area contributed by atoms with Gasteiger partial charge in [-0.3, -0.25) is 4.79 Å². The van der Waals surface area contributed by atoms with E-state index in [1.165, 1.54) is 0 Å². The molecule has 0 saturated carbocycles. The molecule has 0 aromatic heterocycles. The van der Waals surface area contributed by atoms with Gasteiger partial charge >= 0.3 is 0 Å². The molecule has 0 unspecified atom stereocenters. The van der Waals surface area contributed by atoms with Crippen molar-refractivity contribution >= 4 is 18.5 Å². The van der Waals surface area contributed by atoms with Crippen molar-refractivity contribution in [3.8, 4) is 0 Å². The summed E-state index contributed by atoms with van der Waals surface area (Å²) >= 11 is 4.32. The van der Waals surface area contributed by atoms with Crippen LogP contribution in [-0.4, -0.2) is 48.9 Å². The van der Waals surface area contributed by atoms with Crippen molar-refractivity contribution in [3.63, 3.8) is 0 Å². The van der Waals surface area contributed by atoms with Crippen LogP contribution in [0.3, 0.4) is 0 Å². The number of likely N-dealkylation sites (N-methyl/N-ethyl adjacent to an activating group) is 1. The largest absolute Gasteiger partial charge is 0.337 e. The average molecular weight is 264 g/mol. The van der Waals surface area contributed by atoms with E-state index in [1.807, 2.05) is 30.0 Å². The molecule has 2 rings (SSSR count). The van der Waals surface area contributed by atoms with Crippen LogP contribution < -0.4 is 0 Å². The topological polar surface area (TPSA) is 23.6 Å². The van der Waals surface area contributed by atoms with Crippen LogP contribution >= 0.6 is 12.6 Å². The van der Waals surface area contributed by atoms with E-state index < -0.39 is 0 Å². The Hall–Kier alpha value is -1.00. The van der Waals surface area contributed by atoms with Crippen molar-refractivity contribution in [1.29, 1.82) is 0 Å². The highest BCUT2D eigenvalue weighted by Crippen LogP contribution is 2.17. The van der Waals surface area contributed by atoms with Gasteiger partial charge in [-0.25, -0.2) is 0 Å². The average Bonchev–Trinajstić information content (AvgIpc) is 2.56. The molecule has 1 amide bonds. The van der Waals surface area contributed by atoms with Crippen molar-refractivity contribution in [2.24, 2.45) is 0 Å². The van der Waals surface area contributed by atoms with Gasteiger partial charge in [-0.1, -0.05) is 6.07 Å². The van der Waals surface area contributed by atoms with Gasteiger partial charge in [0.15, 0.2) is 0 Å². The Balaban J connectivity index is 2.17. The van der Waals surface area contributed by atoms with Gasteiger partial charge in [-0.05, 0) is 44.6 Å². The maximum absolute atomic E-state index is 12.5. The predicted molar refractivity (Wildman–Crippen MR) is 76.4 cm³/mol. The molecule has 1 aromatic rings. The Kier molecular flexibility index (Phi) is 4.30. The van der Waals surface area contributed by atoms with Gasteiger partial charge < -0.3 is 9.80 Å². The summed E-state index contributed by atoms with van der Waals surface area (Å²) in [6.45, 7) is 5.65. The molecule has 1 saturated heterocycles. The summed E-state index contributed by atoms with van der Waals surface area (Å²) < 4.78 is 0.